The van der Waals surface area contributed by atoms with E-state index in [-0.39, 0.29) is 27.9 Å². The molecule has 0 aliphatic rings. The zero-order valence-electron chi connectivity index (χ0n) is 11.2. The average molecular weight is 282 g/mol. The summed E-state index contributed by atoms with van der Waals surface area (Å²) in [5.74, 6) is -3.62. The molecule has 0 bridgehead atoms. The minimum Gasteiger partial charge on any atom is -0.493 e. The third kappa shape index (κ3) is 2.26. The fraction of sp³-hybridized carbons (Fsp3) is 0.143. The van der Waals surface area contributed by atoms with Crippen molar-refractivity contribution in [2.45, 2.75) is 6.92 Å². The highest BCUT2D eigenvalue weighted by Crippen LogP contribution is 2.34. The maximum Gasteiger partial charge on any atom is 0.162 e. The van der Waals surface area contributed by atoms with Crippen LogP contribution in [0.5, 0.6) is 5.75 Å². The van der Waals surface area contributed by atoms with Crippen LogP contribution in [0.25, 0.3) is 11.1 Å². The highest BCUT2D eigenvalue weighted by Gasteiger charge is 2.20. The molecule has 0 spiro atoms. The Morgan fingerprint density at radius 3 is 2.15 bits per heavy atom. The Morgan fingerprint density at radius 1 is 0.900 bits per heavy atom. The highest BCUT2D eigenvalue weighted by molar-refractivity contribution is 6.33. The van der Waals surface area contributed by atoms with E-state index in [1.807, 2.05) is 0 Å². The van der Waals surface area contributed by atoms with Gasteiger partial charge < -0.3 is 4.74 Å². The zero-order valence-corrected chi connectivity index (χ0v) is 11.2. The molecule has 0 aliphatic carbocycles. The maximum atomic E-state index is 14.0. The van der Waals surface area contributed by atoms with Crippen LogP contribution in [0.4, 0.5) is 17.6 Å². The summed E-state index contributed by atoms with van der Waals surface area (Å²) in [7, 11) is 2.46. The van der Waals surface area contributed by atoms with Crippen molar-refractivity contribution in [2.75, 3.05) is 7.11 Å². The summed E-state index contributed by atoms with van der Waals surface area (Å²) < 4.78 is 59.6. The monoisotopic (exact) mass is 282 g/mol. The summed E-state index contributed by atoms with van der Waals surface area (Å²) in [5, 5.41) is 0. The quantitative estimate of drug-likeness (QED) is 0.607. The lowest BCUT2D eigenvalue weighted by Gasteiger charge is -2.14. The van der Waals surface area contributed by atoms with Gasteiger partial charge in [-0.15, -0.1) is 0 Å². The predicted molar refractivity (Wildman–Crippen MR) is 71.2 cm³/mol. The molecule has 2 rings (SSSR count). The maximum absolute atomic E-state index is 14.0. The molecule has 2 aromatic rings. The van der Waals surface area contributed by atoms with Crippen LogP contribution in [0.2, 0.25) is 0 Å². The fourth-order valence-corrected chi connectivity index (χ4v) is 1.96. The fourth-order valence-electron chi connectivity index (χ4n) is 1.96. The van der Waals surface area contributed by atoms with E-state index in [9.17, 15) is 17.6 Å². The number of methoxy groups -OCH3 is 1. The first-order valence-electron chi connectivity index (χ1n) is 5.85. The van der Waals surface area contributed by atoms with E-state index in [0.717, 1.165) is 6.07 Å². The first-order valence-corrected chi connectivity index (χ1v) is 5.85. The van der Waals surface area contributed by atoms with Crippen molar-refractivity contribution in [1.82, 2.24) is 0 Å². The molecule has 0 amide bonds. The number of ether oxygens (including phenoxy) is 1. The molecule has 1 nitrogen and oxygen atoms in total. The van der Waals surface area contributed by atoms with Gasteiger partial charge in [0.15, 0.2) is 11.6 Å². The van der Waals surface area contributed by atoms with Crippen molar-refractivity contribution in [1.29, 1.82) is 0 Å². The van der Waals surface area contributed by atoms with E-state index in [1.54, 1.807) is 0 Å². The van der Waals surface area contributed by atoms with Gasteiger partial charge in [-0.05, 0) is 30.1 Å². The third-order valence-electron chi connectivity index (χ3n) is 3.15. The lowest BCUT2D eigenvalue weighted by atomic mass is 9.90. The molecular formula is C14H11BF4O. The molecule has 2 aromatic carbocycles. The molecule has 0 heterocycles. The Hall–Kier alpha value is -1.98. The van der Waals surface area contributed by atoms with Crippen LogP contribution in [0.1, 0.15) is 5.56 Å². The first kappa shape index (κ1) is 14.4. The lowest BCUT2D eigenvalue weighted by molar-refractivity contribution is 0.388. The highest BCUT2D eigenvalue weighted by atomic mass is 19.1. The van der Waals surface area contributed by atoms with Crippen LogP contribution < -0.4 is 10.2 Å². The molecule has 6 heteroatoms. The van der Waals surface area contributed by atoms with Gasteiger partial charge in [0.2, 0.25) is 0 Å². The molecule has 0 saturated heterocycles. The van der Waals surface area contributed by atoms with Gasteiger partial charge in [-0.2, -0.15) is 0 Å². The van der Waals surface area contributed by atoms with Gasteiger partial charge in [0.25, 0.3) is 0 Å². The van der Waals surface area contributed by atoms with E-state index in [4.69, 9.17) is 4.74 Å². The van der Waals surface area contributed by atoms with E-state index in [0.29, 0.717) is 6.07 Å². The summed E-state index contributed by atoms with van der Waals surface area (Å²) in [6.45, 7) is 1.44. The molecule has 20 heavy (non-hydrogen) atoms. The minimum atomic E-state index is -0.908. The second-order valence-electron chi connectivity index (χ2n) is 4.46. The summed E-state index contributed by atoms with van der Waals surface area (Å²) in [4.78, 5) is 0. The van der Waals surface area contributed by atoms with E-state index < -0.39 is 23.3 Å². The molecule has 0 atom stereocenters. The van der Waals surface area contributed by atoms with Crippen molar-refractivity contribution in [3.63, 3.8) is 0 Å². The van der Waals surface area contributed by atoms with Gasteiger partial charge in [0.05, 0.1) is 7.11 Å². The van der Waals surface area contributed by atoms with Crippen LogP contribution in [-0.2, 0) is 0 Å². The molecule has 0 aliphatic heterocycles. The molecule has 0 unspecified atom stereocenters. The molecule has 0 radical (unpaired) electrons. The van der Waals surface area contributed by atoms with E-state index >= 15 is 0 Å². The van der Waals surface area contributed by atoms with Gasteiger partial charge in [-0.1, -0.05) is 0 Å². The average Bonchev–Trinajstić information content (AvgIpc) is 2.40. The summed E-state index contributed by atoms with van der Waals surface area (Å²) in [6.07, 6.45) is 0. The third-order valence-corrected chi connectivity index (χ3v) is 3.15. The minimum absolute atomic E-state index is 0.0892. The number of hydrogen-bond donors (Lipinski definition) is 0. The lowest BCUT2D eigenvalue weighted by Crippen LogP contribution is -2.16. The first-order chi connectivity index (χ1) is 9.36. The van der Waals surface area contributed by atoms with Crippen LogP contribution in [0.15, 0.2) is 18.2 Å². The van der Waals surface area contributed by atoms with Gasteiger partial charge in [-0.25, -0.2) is 17.6 Å². The number of aryl methyl sites for hydroxylation is 1. The standard InChI is InChI=1S/C14H11BF4O/c1-6-3-7(10(17)5-9(6)16)8-4-11(18)12(15)13(19)14(8)20-2/h3-5H,15H2,1-2H3. The number of benzene rings is 2. The van der Waals surface area contributed by atoms with Crippen molar-refractivity contribution < 1.29 is 22.3 Å². The van der Waals surface area contributed by atoms with Crippen LogP contribution >= 0.6 is 0 Å². The Bertz CT molecular complexity index is 686. The Kier molecular flexibility index (Phi) is 3.75. The second kappa shape index (κ2) is 5.19. The van der Waals surface area contributed by atoms with Crippen molar-refractivity contribution >= 4 is 13.3 Å². The van der Waals surface area contributed by atoms with Crippen molar-refractivity contribution in [3.8, 4) is 16.9 Å². The summed E-state index contributed by atoms with van der Waals surface area (Å²) >= 11 is 0. The second-order valence-corrected chi connectivity index (χ2v) is 4.46. The van der Waals surface area contributed by atoms with Gasteiger partial charge in [0, 0.05) is 17.2 Å². The number of halogens is 4. The van der Waals surface area contributed by atoms with Crippen molar-refractivity contribution in [2.24, 2.45) is 0 Å². The Morgan fingerprint density at radius 2 is 1.55 bits per heavy atom. The topological polar surface area (TPSA) is 9.23 Å². The molecular weight excluding hydrogens is 271 g/mol. The zero-order chi connectivity index (χ0) is 15.0. The van der Waals surface area contributed by atoms with Crippen LogP contribution in [0, 0.1) is 30.2 Å². The smallest absolute Gasteiger partial charge is 0.162 e. The Labute approximate surface area is 114 Å². The van der Waals surface area contributed by atoms with E-state index in [2.05, 4.69) is 0 Å². The summed E-state index contributed by atoms with van der Waals surface area (Å²) in [5.41, 5.74) is -0.248. The molecule has 0 fully saturated rings. The molecule has 0 aromatic heterocycles. The van der Waals surface area contributed by atoms with Gasteiger partial charge in [0.1, 0.15) is 25.3 Å². The number of hydrogen-bond acceptors (Lipinski definition) is 1. The van der Waals surface area contributed by atoms with Crippen LogP contribution in [0.3, 0.4) is 0 Å². The molecule has 0 saturated carbocycles. The van der Waals surface area contributed by atoms with Crippen LogP contribution in [-0.4, -0.2) is 15.0 Å². The SMILES string of the molecule is Bc1c(F)cc(-c2cc(C)c(F)cc2F)c(OC)c1F. The normalized spacial score (nSPS) is 10.7. The van der Waals surface area contributed by atoms with Gasteiger partial charge >= 0.3 is 0 Å². The van der Waals surface area contributed by atoms with Crippen molar-refractivity contribution in [3.05, 3.63) is 47.0 Å². The predicted octanol–water partition coefficient (Wildman–Crippen LogP) is 2.49. The van der Waals surface area contributed by atoms with Gasteiger partial charge in [-0.3, -0.25) is 0 Å². The molecule has 104 valence electrons. The largest absolute Gasteiger partial charge is 0.493 e. The van der Waals surface area contributed by atoms with E-state index in [1.165, 1.54) is 27.9 Å². The number of rotatable bonds is 2. The summed E-state index contributed by atoms with van der Waals surface area (Å²) in [6, 6.07) is 2.85. The molecule has 0 N–H and O–H groups in total. The Balaban J connectivity index is 2.79.